The number of hydrogen-bond acceptors (Lipinski definition) is 6. The van der Waals surface area contributed by atoms with Gasteiger partial charge in [-0.05, 0) is 30.5 Å². The largest absolute Gasteiger partial charge is 0.507 e. The number of anilines is 1. The number of H-pyrrole nitrogens is 1. The molecule has 0 bridgehead atoms. The smallest absolute Gasteiger partial charge is 0.242 e. The van der Waals surface area contributed by atoms with Crippen LogP contribution in [0.25, 0.3) is 22.4 Å². The number of aromatic hydroxyl groups is 1. The van der Waals surface area contributed by atoms with Crippen molar-refractivity contribution in [1.29, 1.82) is 0 Å². The molecule has 7 nitrogen and oxygen atoms in total. The number of aromatic amines is 1. The Labute approximate surface area is 126 Å². The third-order valence-corrected chi connectivity index (χ3v) is 3.58. The Hall–Kier alpha value is -2.96. The number of rotatable bonds is 4. The van der Waals surface area contributed by atoms with Gasteiger partial charge >= 0.3 is 0 Å². The molecule has 1 fully saturated rings. The molecule has 3 N–H and O–H groups in total. The molecule has 0 amide bonds. The lowest BCUT2D eigenvalue weighted by molar-refractivity contribution is 0.477. The van der Waals surface area contributed by atoms with Gasteiger partial charge in [0.25, 0.3) is 0 Å². The summed E-state index contributed by atoms with van der Waals surface area (Å²) in [6.45, 7) is 0. The summed E-state index contributed by atoms with van der Waals surface area (Å²) in [4.78, 5) is 4.24. The van der Waals surface area contributed by atoms with Gasteiger partial charge in [0.15, 0.2) is 0 Å². The Bertz CT molecular complexity index is 780. The van der Waals surface area contributed by atoms with Crippen LogP contribution in [0.5, 0.6) is 5.75 Å². The van der Waals surface area contributed by atoms with Crippen LogP contribution in [0.4, 0.5) is 5.95 Å². The predicted octanol–water partition coefficient (Wildman–Crippen LogP) is 2.21. The summed E-state index contributed by atoms with van der Waals surface area (Å²) in [6.07, 6.45) is 7.40. The van der Waals surface area contributed by atoms with Crippen LogP contribution in [0.2, 0.25) is 0 Å². The minimum absolute atomic E-state index is 0.137. The average Bonchev–Trinajstić information content (AvgIpc) is 3.17. The van der Waals surface area contributed by atoms with Gasteiger partial charge in [-0.1, -0.05) is 6.07 Å². The molecule has 1 aliphatic rings. The van der Waals surface area contributed by atoms with Crippen LogP contribution in [0.1, 0.15) is 12.8 Å². The zero-order chi connectivity index (χ0) is 14.9. The molecule has 2 heterocycles. The molecule has 0 aliphatic heterocycles. The van der Waals surface area contributed by atoms with Crippen LogP contribution >= 0.6 is 0 Å². The molecule has 1 aliphatic carbocycles. The van der Waals surface area contributed by atoms with Crippen molar-refractivity contribution >= 4 is 5.95 Å². The van der Waals surface area contributed by atoms with Gasteiger partial charge in [-0.25, -0.2) is 4.98 Å². The summed E-state index contributed by atoms with van der Waals surface area (Å²) in [7, 11) is 0. The van der Waals surface area contributed by atoms with E-state index in [2.05, 4.69) is 30.7 Å². The van der Waals surface area contributed by atoms with E-state index in [-0.39, 0.29) is 5.75 Å². The van der Waals surface area contributed by atoms with Gasteiger partial charge in [0.1, 0.15) is 11.4 Å². The fraction of sp³-hybridized carbons (Fsp3) is 0.200. The van der Waals surface area contributed by atoms with Crippen LogP contribution in [-0.4, -0.2) is 36.5 Å². The molecule has 2 aromatic heterocycles. The van der Waals surface area contributed by atoms with E-state index in [4.69, 9.17) is 0 Å². The van der Waals surface area contributed by atoms with Crippen molar-refractivity contribution in [2.45, 2.75) is 18.9 Å². The first kappa shape index (κ1) is 12.8. The highest BCUT2D eigenvalue weighted by Gasteiger charge is 2.22. The van der Waals surface area contributed by atoms with E-state index < -0.39 is 0 Å². The highest BCUT2D eigenvalue weighted by atomic mass is 16.3. The first-order chi connectivity index (χ1) is 10.8. The standard InChI is InChI=1S/C15H14N6O/c22-14-5-9(10-6-17-18-7-10)1-4-12(14)13-8-16-15(21-20-13)19-11-2-3-11/h1,4-8,11,22H,2-3H2,(H,17,18)(H,16,19,21). The van der Waals surface area contributed by atoms with E-state index in [1.54, 1.807) is 30.7 Å². The third kappa shape index (κ3) is 2.48. The molecule has 1 saturated carbocycles. The lowest BCUT2D eigenvalue weighted by Gasteiger charge is -2.06. The van der Waals surface area contributed by atoms with Crippen molar-refractivity contribution in [2.24, 2.45) is 0 Å². The Morgan fingerprint density at radius 3 is 2.68 bits per heavy atom. The molecule has 0 spiro atoms. The van der Waals surface area contributed by atoms with Crippen LogP contribution in [-0.2, 0) is 0 Å². The number of nitrogens with zero attached hydrogens (tertiary/aromatic N) is 4. The SMILES string of the molecule is Oc1cc(-c2cn[nH]c2)ccc1-c1cnc(NC2CC2)nn1. The lowest BCUT2D eigenvalue weighted by Crippen LogP contribution is -2.06. The second-order valence-electron chi connectivity index (χ2n) is 5.30. The molecule has 0 unspecified atom stereocenters. The summed E-state index contributed by atoms with van der Waals surface area (Å²) in [5, 5.41) is 28.2. The van der Waals surface area contributed by atoms with Crippen molar-refractivity contribution in [2.75, 3.05) is 5.32 Å². The molecule has 0 saturated heterocycles. The zero-order valence-corrected chi connectivity index (χ0v) is 11.7. The average molecular weight is 294 g/mol. The first-order valence-corrected chi connectivity index (χ1v) is 7.08. The number of phenols is 1. The van der Waals surface area contributed by atoms with E-state index in [0.717, 1.165) is 24.0 Å². The summed E-state index contributed by atoms with van der Waals surface area (Å²) in [5.74, 6) is 0.665. The summed E-state index contributed by atoms with van der Waals surface area (Å²) < 4.78 is 0. The predicted molar refractivity (Wildman–Crippen MR) is 81.2 cm³/mol. The van der Waals surface area contributed by atoms with Crippen LogP contribution in [0, 0.1) is 0 Å². The fourth-order valence-electron chi connectivity index (χ4n) is 2.21. The minimum Gasteiger partial charge on any atom is -0.507 e. The first-order valence-electron chi connectivity index (χ1n) is 7.08. The quantitative estimate of drug-likeness (QED) is 0.682. The van der Waals surface area contributed by atoms with Crippen LogP contribution in [0.15, 0.2) is 36.8 Å². The Kier molecular flexibility index (Phi) is 2.96. The lowest BCUT2D eigenvalue weighted by atomic mass is 10.0. The maximum atomic E-state index is 10.2. The Morgan fingerprint density at radius 2 is 2.05 bits per heavy atom. The summed E-state index contributed by atoms with van der Waals surface area (Å²) in [5.41, 5.74) is 2.93. The van der Waals surface area contributed by atoms with Crippen LogP contribution in [0.3, 0.4) is 0 Å². The van der Waals surface area contributed by atoms with Crippen LogP contribution < -0.4 is 5.32 Å². The highest BCUT2D eigenvalue weighted by Crippen LogP contribution is 2.32. The van der Waals surface area contributed by atoms with Gasteiger partial charge in [-0.3, -0.25) is 5.10 Å². The van der Waals surface area contributed by atoms with E-state index >= 15 is 0 Å². The molecular formula is C15H14N6O. The molecule has 3 aromatic rings. The number of hydrogen-bond donors (Lipinski definition) is 3. The molecule has 110 valence electrons. The molecule has 7 heteroatoms. The molecule has 0 atom stereocenters. The van der Waals surface area contributed by atoms with Crippen molar-refractivity contribution in [3.63, 3.8) is 0 Å². The van der Waals surface area contributed by atoms with Crippen molar-refractivity contribution in [3.8, 4) is 28.1 Å². The number of benzene rings is 1. The van der Waals surface area contributed by atoms with Gasteiger partial charge in [-0.15, -0.1) is 10.2 Å². The Morgan fingerprint density at radius 1 is 1.14 bits per heavy atom. The molecule has 0 radical (unpaired) electrons. The third-order valence-electron chi connectivity index (χ3n) is 3.58. The van der Waals surface area contributed by atoms with Gasteiger partial charge in [0, 0.05) is 23.4 Å². The summed E-state index contributed by atoms with van der Waals surface area (Å²) in [6, 6.07) is 5.86. The van der Waals surface area contributed by atoms with Crippen molar-refractivity contribution in [1.82, 2.24) is 25.4 Å². The highest BCUT2D eigenvalue weighted by molar-refractivity contribution is 5.73. The van der Waals surface area contributed by atoms with E-state index in [0.29, 0.717) is 23.2 Å². The van der Waals surface area contributed by atoms with Gasteiger partial charge < -0.3 is 10.4 Å². The summed E-state index contributed by atoms with van der Waals surface area (Å²) >= 11 is 0. The minimum atomic E-state index is 0.137. The molecular weight excluding hydrogens is 280 g/mol. The van der Waals surface area contributed by atoms with E-state index in [1.807, 2.05) is 6.07 Å². The maximum Gasteiger partial charge on any atom is 0.242 e. The second-order valence-corrected chi connectivity index (χ2v) is 5.30. The zero-order valence-electron chi connectivity index (χ0n) is 11.7. The number of aromatic nitrogens is 5. The Balaban J connectivity index is 1.61. The number of phenolic OH excluding ortho intramolecular Hbond substituents is 1. The van der Waals surface area contributed by atoms with Gasteiger partial charge in [0.05, 0.1) is 12.4 Å². The molecule has 4 rings (SSSR count). The van der Waals surface area contributed by atoms with E-state index in [9.17, 15) is 5.11 Å². The molecule has 1 aromatic carbocycles. The van der Waals surface area contributed by atoms with E-state index in [1.165, 1.54) is 0 Å². The number of nitrogens with one attached hydrogen (secondary N) is 2. The van der Waals surface area contributed by atoms with Crippen molar-refractivity contribution in [3.05, 3.63) is 36.8 Å². The normalized spacial score (nSPS) is 14.0. The fourth-order valence-corrected chi connectivity index (χ4v) is 2.21. The monoisotopic (exact) mass is 294 g/mol. The maximum absolute atomic E-state index is 10.2. The van der Waals surface area contributed by atoms with Gasteiger partial charge in [-0.2, -0.15) is 5.10 Å². The van der Waals surface area contributed by atoms with Gasteiger partial charge in [0.2, 0.25) is 5.95 Å². The molecule has 22 heavy (non-hydrogen) atoms. The second kappa shape index (κ2) is 5.10. The van der Waals surface area contributed by atoms with Crippen molar-refractivity contribution < 1.29 is 5.11 Å². The topological polar surface area (TPSA) is 99.6 Å².